The summed E-state index contributed by atoms with van der Waals surface area (Å²) in [4.78, 5) is 14.0. The van der Waals surface area contributed by atoms with Gasteiger partial charge in [-0.1, -0.05) is 13.3 Å². The Bertz CT molecular complexity index is 450. The topological polar surface area (TPSA) is 29.5 Å². The number of nitrogens with zero attached hydrogens (tertiary/aromatic N) is 1. The lowest BCUT2D eigenvalue weighted by Crippen LogP contribution is -2.29. The number of likely N-dealkylation sites (tertiary alicyclic amines) is 1. The number of rotatable bonds is 6. The van der Waals surface area contributed by atoms with E-state index in [0.717, 1.165) is 49.5 Å². The number of ether oxygens (including phenoxy) is 1. The fourth-order valence-electron chi connectivity index (χ4n) is 2.63. The number of hydrogen-bond acceptors (Lipinski definition) is 3. The summed E-state index contributed by atoms with van der Waals surface area (Å²) < 4.78 is 5.82. The van der Waals surface area contributed by atoms with Crippen LogP contribution in [0.15, 0.2) is 18.2 Å². The monoisotopic (exact) mass is 275 g/mol. The second-order valence-corrected chi connectivity index (χ2v) is 5.56. The van der Waals surface area contributed by atoms with Gasteiger partial charge in [-0.25, -0.2) is 0 Å². The van der Waals surface area contributed by atoms with E-state index in [0.29, 0.717) is 0 Å². The third kappa shape index (κ3) is 4.07. The van der Waals surface area contributed by atoms with Gasteiger partial charge in [0.05, 0.1) is 6.61 Å². The number of benzene rings is 1. The quantitative estimate of drug-likeness (QED) is 0.742. The summed E-state index contributed by atoms with van der Waals surface area (Å²) in [5.74, 6) is 1.05. The van der Waals surface area contributed by atoms with Gasteiger partial charge < -0.3 is 4.74 Å². The van der Waals surface area contributed by atoms with Crippen LogP contribution in [0.4, 0.5) is 0 Å². The van der Waals surface area contributed by atoms with Crippen molar-refractivity contribution < 1.29 is 9.53 Å². The molecule has 0 atom stereocenters. The van der Waals surface area contributed by atoms with Gasteiger partial charge in [0.25, 0.3) is 0 Å². The zero-order valence-corrected chi connectivity index (χ0v) is 12.7. The van der Waals surface area contributed by atoms with E-state index in [1.54, 1.807) is 6.92 Å². The summed E-state index contributed by atoms with van der Waals surface area (Å²) in [6.07, 6.45) is 4.88. The van der Waals surface area contributed by atoms with E-state index in [2.05, 4.69) is 11.8 Å². The SMILES string of the molecule is CCCOc1ccc(C(C)=O)cc1CN1CCCCC1. The summed E-state index contributed by atoms with van der Waals surface area (Å²) in [5, 5.41) is 0. The fraction of sp³-hybridized carbons (Fsp3) is 0.588. The number of carbonyl (C=O) groups excluding carboxylic acids is 1. The van der Waals surface area contributed by atoms with Crippen LogP contribution < -0.4 is 4.74 Å². The predicted octanol–water partition coefficient (Wildman–Crippen LogP) is 3.66. The van der Waals surface area contributed by atoms with Crippen LogP contribution >= 0.6 is 0 Å². The van der Waals surface area contributed by atoms with Crippen LogP contribution in [0.1, 0.15) is 55.5 Å². The van der Waals surface area contributed by atoms with Crippen molar-refractivity contribution in [3.05, 3.63) is 29.3 Å². The number of ketones is 1. The Morgan fingerprint density at radius 2 is 2.00 bits per heavy atom. The minimum absolute atomic E-state index is 0.118. The van der Waals surface area contributed by atoms with E-state index in [4.69, 9.17) is 4.74 Å². The summed E-state index contributed by atoms with van der Waals surface area (Å²) in [6.45, 7) is 7.64. The van der Waals surface area contributed by atoms with Crippen molar-refractivity contribution in [2.45, 2.75) is 46.1 Å². The summed E-state index contributed by atoms with van der Waals surface area (Å²) >= 11 is 0. The Morgan fingerprint density at radius 1 is 1.25 bits per heavy atom. The molecule has 1 aromatic rings. The van der Waals surface area contributed by atoms with Gasteiger partial charge >= 0.3 is 0 Å². The van der Waals surface area contributed by atoms with Crippen molar-refractivity contribution in [2.75, 3.05) is 19.7 Å². The number of piperidine rings is 1. The highest BCUT2D eigenvalue weighted by molar-refractivity contribution is 5.94. The maximum absolute atomic E-state index is 11.6. The van der Waals surface area contributed by atoms with Crippen molar-refractivity contribution in [1.82, 2.24) is 4.90 Å². The lowest BCUT2D eigenvalue weighted by atomic mass is 10.0. The van der Waals surface area contributed by atoms with Crippen LogP contribution in [0.3, 0.4) is 0 Å². The van der Waals surface area contributed by atoms with Gasteiger partial charge in [-0.05, 0) is 57.5 Å². The zero-order valence-electron chi connectivity index (χ0n) is 12.7. The maximum Gasteiger partial charge on any atom is 0.159 e. The van der Waals surface area contributed by atoms with Crippen molar-refractivity contribution in [1.29, 1.82) is 0 Å². The lowest BCUT2D eigenvalue weighted by molar-refractivity contribution is 0.101. The minimum atomic E-state index is 0.118. The molecule has 0 unspecified atom stereocenters. The zero-order chi connectivity index (χ0) is 14.4. The third-order valence-corrected chi connectivity index (χ3v) is 3.77. The first kappa shape index (κ1) is 15.0. The molecule has 3 heteroatoms. The van der Waals surface area contributed by atoms with Gasteiger partial charge in [0.1, 0.15) is 5.75 Å². The van der Waals surface area contributed by atoms with Crippen LogP contribution in [-0.4, -0.2) is 30.4 Å². The first-order chi connectivity index (χ1) is 9.70. The highest BCUT2D eigenvalue weighted by Gasteiger charge is 2.14. The second-order valence-electron chi connectivity index (χ2n) is 5.56. The molecular weight excluding hydrogens is 250 g/mol. The first-order valence-electron chi connectivity index (χ1n) is 7.69. The van der Waals surface area contributed by atoms with Gasteiger partial charge in [-0.2, -0.15) is 0 Å². The van der Waals surface area contributed by atoms with Crippen molar-refractivity contribution >= 4 is 5.78 Å². The Balaban J connectivity index is 2.16. The van der Waals surface area contributed by atoms with Crippen molar-refractivity contribution in [3.8, 4) is 5.75 Å². The molecule has 110 valence electrons. The van der Waals surface area contributed by atoms with Gasteiger partial charge in [-0.15, -0.1) is 0 Å². The number of hydrogen-bond donors (Lipinski definition) is 0. The molecule has 2 rings (SSSR count). The molecule has 3 nitrogen and oxygen atoms in total. The van der Waals surface area contributed by atoms with Crippen LogP contribution in [0.25, 0.3) is 0 Å². The van der Waals surface area contributed by atoms with E-state index in [9.17, 15) is 4.79 Å². The summed E-state index contributed by atoms with van der Waals surface area (Å²) in [5.41, 5.74) is 1.92. The van der Waals surface area contributed by atoms with E-state index in [1.165, 1.54) is 19.3 Å². The average molecular weight is 275 g/mol. The van der Waals surface area contributed by atoms with Crippen LogP contribution in [-0.2, 0) is 6.54 Å². The molecule has 0 aromatic heterocycles. The molecule has 0 saturated carbocycles. The molecule has 0 N–H and O–H groups in total. The second kappa shape index (κ2) is 7.44. The highest BCUT2D eigenvalue weighted by Crippen LogP contribution is 2.24. The van der Waals surface area contributed by atoms with E-state index < -0.39 is 0 Å². The molecule has 1 fully saturated rings. The average Bonchev–Trinajstić information content (AvgIpc) is 2.47. The largest absolute Gasteiger partial charge is 0.493 e. The molecule has 1 saturated heterocycles. The van der Waals surface area contributed by atoms with E-state index in [-0.39, 0.29) is 5.78 Å². The molecule has 0 bridgehead atoms. The molecule has 0 radical (unpaired) electrons. The van der Waals surface area contributed by atoms with Crippen LogP contribution in [0, 0.1) is 0 Å². The molecular formula is C17H25NO2. The predicted molar refractivity (Wildman–Crippen MR) is 81.4 cm³/mol. The Hall–Kier alpha value is -1.35. The number of carbonyl (C=O) groups is 1. The van der Waals surface area contributed by atoms with Gasteiger partial charge in [0.2, 0.25) is 0 Å². The van der Waals surface area contributed by atoms with Gasteiger partial charge in [0, 0.05) is 17.7 Å². The Labute approximate surface area is 121 Å². The van der Waals surface area contributed by atoms with Crippen molar-refractivity contribution in [2.24, 2.45) is 0 Å². The molecule has 1 aliphatic heterocycles. The highest BCUT2D eigenvalue weighted by atomic mass is 16.5. The van der Waals surface area contributed by atoms with Crippen LogP contribution in [0.5, 0.6) is 5.75 Å². The van der Waals surface area contributed by atoms with E-state index in [1.807, 2.05) is 18.2 Å². The molecule has 0 aliphatic carbocycles. The summed E-state index contributed by atoms with van der Waals surface area (Å²) in [7, 11) is 0. The third-order valence-electron chi connectivity index (χ3n) is 3.77. The van der Waals surface area contributed by atoms with Gasteiger partial charge in [0.15, 0.2) is 5.78 Å². The molecule has 0 amide bonds. The van der Waals surface area contributed by atoms with E-state index >= 15 is 0 Å². The molecule has 1 aromatic carbocycles. The molecule has 0 spiro atoms. The Morgan fingerprint density at radius 3 is 2.65 bits per heavy atom. The fourth-order valence-corrected chi connectivity index (χ4v) is 2.63. The number of Topliss-reactive ketones (excluding diaryl/α,β-unsaturated/α-hetero) is 1. The van der Waals surface area contributed by atoms with Gasteiger partial charge in [-0.3, -0.25) is 9.69 Å². The molecule has 1 aliphatic rings. The smallest absolute Gasteiger partial charge is 0.159 e. The normalized spacial score (nSPS) is 16.1. The standard InChI is InChI=1S/C17H25NO2/c1-3-11-20-17-8-7-15(14(2)19)12-16(17)13-18-9-5-4-6-10-18/h7-8,12H,3-6,9-11,13H2,1-2H3. The van der Waals surface area contributed by atoms with Crippen LogP contribution in [0.2, 0.25) is 0 Å². The molecule has 1 heterocycles. The molecule has 20 heavy (non-hydrogen) atoms. The maximum atomic E-state index is 11.6. The minimum Gasteiger partial charge on any atom is -0.493 e. The van der Waals surface area contributed by atoms with Crippen molar-refractivity contribution in [3.63, 3.8) is 0 Å². The Kier molecular flexibility index (Phi) is 5.60. The first-order valence-corrected chi connectivity index (χ1v) is 7.69. The lowest BCUT2D eigenvalue weighted by Gasteiger charge is -2.27. The summed E-state index contributed by atoms with van der Waals surface area (Å²) in [6, 6.07) is 5.82.